The van der Waals surface area contributed by atoms with Crippen LogP contribution in [0.25, 0.3) is 10.9 Å². The molecule has 0 spiro atoms. The number of hydrogen-bond acceptors (Lipinski definition) is 1. The number of benzene rings is 1. The van der Waals surface area contributed by atoms with Crippen LogP contribution in [0, 0.1) is 6.92 Å². The summed E-state index contributed by atoms with van der Waals surface area (Å²) in [6.45, 7) is 1.85. The maximum absolute atomic E-state index is 12.5. The second-order valence-electron chi connectivity index (χ2n) is 3.08. The van der Waals surface area contributed by atoms with Crippen molar-refractivity contribution in [1.82, 2.24) is 10.2 Å². The molecule has 1 aromatic carbocycles. The number of nitrogens with one attached hydrogen (secondary N) is 1. The Morgan fingerprint density at radius 1 is 1.43 bits per heavy atom. The Labute approximate surface area is 87.4 Å². The third kappa shape index (κ3) is 1.41. The molecule has 2 aromatic rings. The van der Waals surface area contributed by atoms with E-state index in [0.29, 0.717) is 10.9 Å². The number of rotatable bonds is 1. The highest BCUT2D eigenvalue weighted by molar-refractivity contribution is 9.10. The second-order valence-corrected chi connectivity index (χ2v) is 3.94. The van der Waals surface area contributed by atoms with Crippen LogP contribution in [0.1, 0.15) is 17.7 Å². The van der Waals surface area contributed by atoms with Gasteiger partial charge in [0, 0.05) is 9.86 Å². The molecule has 1 heterocycles. The molecule has 0 atom stereocenters. The summed E-state index contributed by atoms with van der Waals surface area (Å²) in [4.78, 5) is 0. The molecule has 0 bridgehead atoms. The lowest BCUT2D eigenvalue weighted by atomic mass is 10.1. The number of halogens is 3. The van der Waals surface area contributed by atoms with Crippen LogP contribution >= 0.6 is 15.9 Å². The molecule has 0 aliphatic carbocycles. The van der Waals surface area contributed by atoms with Gasteiger partial charge in [0.15, 0.2) is 0 Å². The zero-order chi connectivity index (χ0) is 10.3. The first kappa shape index (κ1) is 9.58. The summed E-state index contributed by atoms with van der Waals surface area (Å²) in [6.07, 6.45) is -2.52. The quantitative estimate of drug-likeness (QED) is 0.835. The topological polar surface area (TPSA) is 28.7 Å². The Hall–Kier alpha value is -0.970. The number of fused-ring (bicyclic) bond motifs is 1. The monoisotopic (exact) mass is 260 g/mol. The maximum Gasteiger partial charge on any atom is 0.280 e. The molecular formula is C9H7BrF2N2. The molecule has 5 heteroatoms. The Bertz CT molecular complexity index is 479. The van der Waals surface area contributed by atoms with E-state index in [0.717, 1.165) is 10.0 Å². The lowest BCUT2D eigenvalue weighted by molar-refractivity contribution is 0.147. The van der Waals surface area contributed by atoms with E-state index >= 15 is 0 Å². The third-order valence-electron chi connectivity index (χ3n) is 2.00. The van der Waals surface area contributed by atoms with E-state index in [4.69, 9.17) is 0 Å². The van der Waals surface area contributed by atoms with Gasteiger partial charge in [-0.2, -0.15) is 5.10 Å². The van der Waals surface area contributed by atoms with E-state index in [2.05, 4.69) is 26.1 Å². The summed E-state index contributed by atoms with van der Waals surface area (Å²) < 4.78 is 25.7. The minimum atomic E-state index is -2.52. The molecule has 2 rings (SSSR count). The molecule has 0 fully saturated rings. The minimum absolute atomic E-state index is 0.121. The molecule has 0 saturated heterocycles. The van der Waals surface area contributed by atoms with Gasteiger partial charge in [0.25, 0.3) is 6.43 Å². The SMILES string of the molecule is Cc1cc(Br)c2n[nH]c(C(F)F)c2c1. The molecular weight excluding hydrogens is 254 g/mol. The fourth-order valence-corrected chi connectivity index (χ4v) is 2.06. The fourth-order valence-electron chi connectivity index (χ4n) is 1.40. The smallest absolute Gasteiger partial charge is 0.275 e. The van der Waals surface area contributed by atoms with Crippen LogP contribution in [-0.2, 0) is 0 Å². The molecule has 1 N–H and O–H groups in total. The van der Waals surface area contributed by atoms with Gasteiger partial charge in [-0.3, -0.25) is 5.10 Å². The first-order valence-corrected chi connectivity index (χ1v) is 4.81. The van der Waals surface area contributed by atoms with Crippen molar-refractivity contribution in [3.8, 4) is 0 Å². The third-order valence-corrected chi connectivity index (χ3v) is 2.61. The summed E-state index contributed by atoms with van der Waals surface area (Å²) in [5, 5.41) is 6.66. The van der Waals surface area contributed by atoms with Crippen molar-refractivity contribution in [3.63, 3.8) is 0 Å². The summed E-state index contributed by atoms with van der Waals surface area (Å²) in [5.41, 5.74) is 1.35. The highest BCUT2D eigenvalue weighted by Crippen LogP contribution is 2.30. The molecule has 0 radical (unpaired) electrons. The van der Waals surface area contributed by atoms with Crippen LogP contribution < -0.4 is 0 Å². The van der Waals surface area contributed by atoms with Crippen molar-refractivity contribution < 1.29 is 8.78 Å². The van der Waals surface area contributed by atoms with Crippen molar-refractivity contribution in [1.29, 1.82) is 0 Å². The van der Waals surface area contributed by atoms with Crippen LogP contribution in [0.4, 0.5) is 8.78 Å². The van der Waals surface area contributed by atoms with Gasteiger partial charge in [-0.15, -0.1) is 0 Å². The lowest BCUT2D eigenvalue weighted by Crippen LogP contribution is -1.84. The molecule has 14 heavy (non-hydrogen) atoms. The maximum atomic E-state index is 12.5. The van der Waals surface area contributed by atoms with Crippen LogP contribution in [0.2, 0.25) is 0 Å². The van der Waals surface area contributed by atoms with E-state index in [1.165, 1.54) is 0 Å². The van der Waals surface area contributed by atoms with E-state index in [9.17, 15) is 8.78 Å². The molecule has 0 unspecified atom stereocenters. The van der Waals surface area contributed by atoms with Crippen molar-refractivity contribution in [2.24, 2.45) is 0 Å². The molecule has 74 valence electrons. The van der Waals surface area contributed by atoms with Gasteiger partial charge in [0.1, 0.15) is 11.2 Å². The first-order chi connectivity index (χ1) is 6.59. The van der Waals surface area contributed by atoms with Crippen LogP contribution in [0.5, 0.6) is 0 Å². The Kier molecular flexibility index (Phi) is 2.26. The standard InChI is InChI=1S/C9H7BrF2N2/c1-4-2-5-7(6(10)3-4)13-14-8(5)9(11)12/h2-3,9H,1H3,(H,13,14). The molecule has 0 amide bonds. The molecule has 0 saturated carbocycles. The van der Waals surface area contributed by atoms with Crippen molar-refractivity contribution in [2.75, 3.05) is 0 Å². The Morgan fingerprint density at radius 3 is 2.79 bits per heavy atom. The van der Waals surface area contributed by atoms with Gasteiger partial charge in [-0.05, 0) is 40.5 Å². The number of aromatic nitrogens is 2. The number of hydrogen-bond donors (Lipinski definition) is 1. The van der Waals surface area contributed by atoms with E-state index in [1.54, 1.807) is 6.07 Å². The van der Waals surface area contributed by atoms with Gasteiger partial charge >= 0.3 is 0 Å². The summed E-state index contributed by atoms with van der Waals surface area (Å²) in [6, 6.07) is 3.55. The highest BCUT2D eigenvalue weighted by Gasteiger charge is 2.16. The van der Waals surface area contributed by atoms with E-state index < -0.39 is 6.43 Å². The van der Waals surface area contributed by atoms with Crippen molar-refractivity contribution in [3.05, 3.63) is 27.9 Å². The number of alkyl halides is 2. The van der Waals surface area contributed by atoms with Crippen molar-refractivity contribution in [2.45, 2.75) is 13.3 Å². The number of nitrogens with zero attached hydrogens (tertiary/aromatic N) is 1. The normalized spacial score (nSPS) is 11.5. The second kappa shape index (κ2) is 3.31. The average molecular weight is 261 g/mol. The summed E-state index contributed by atoms with van der Waals surface area (Å²) >= 11 is 3.28. The van der Waals surface area contributed by atoms with Gasteiger partial charge < -0.3 is 0 Å². The lowest BCUT2D eigenvalue weighted by Gasteiger charge is -1.98. The first-order valence-electron chi connectivity index (χ1n) is 4.02. The zero-order valence-corrected chi connectivity index (χ0v) is 8.90. The Morgan fingerprint density at radius 2 is 2.14 bits per heavy atom. The summed E-state index contributed by atoms with van der Waals surface area (Å²) in [5.74, 6) is 0. The van der Waals surface area contributed by atoms with E-state index in [1.807, 2.05) is 13.0 Å². The molecule has 0 aliphatic rings. The van der Waals surface area contributed by atoms with Crippen LogP contribution in [0.15, 0.2) is 16.6 Å². The van der Waals surface area contributed by atoms with Crippen LogP contribution in [-0.4, -0.2) is 10.2 Å². The van der Waals surface area contributed by atoms with Crippen molar-refractivity contribution >= 4 is 26.8 Å². The number of aromatic amines is 1. The minimum Gasteiger partial charge on any atom is -0.275 e. The van der Waals surface area contributed by atoms with Gasteiger partial charge in [-0.1, -0.05) is 0 Å². The Balaban J connectivity index is 2.78. The highest BCUT2D eigenvalue weighted by atomic mass is 79.9. The van der Waals surface area contributed by atoms with Gasteiger partial charge in [-0.25, -0.2) is 8.78 Å². The zero-order valence-electron chi connectivity index (χ0n) is 7.31. The molecule has 0 aliphatic heterocycles. The molecule has 2 nitrogen and oxygen atoms in total. The van der Waals surface area contributed by atoms with E-state index in [-0.39, 0.29) is 5.69 Å². The fraction of sp³-hybridized carbons (Fsp3) is 0.222. The van der Waals surface area contributed by atoms with Crippen LogP contribution in [0.3, 0.4) is 0 Å². The largest absolute Gasteiger partial charge is 0.280 e. The van der Waals surface area contributed by atoms with Gasteiger partial charge in [0.2, 0.25) is 0 Å². The predicted octanol–water partition coefficient (Wildman–Crippen LogP) is 3.57. The number of H-pyrrole nitrogens is 1. The summed E-state index contributed by atoms with van der Waals surface area (Å²) in [7, 11) is 0. The predicted molar refractivity (Wildman–Crippen MR) is 53.5 cm³/mol. The number of aryl methyl sites for hydroxylation is 1. The molecule has 1 aromatic heterocycles. The van der Waals surface area contributed by atoms with Gasteiger partial charge in [0.05, 0.1) is 0 Å². The average Bonchev–Trinajstić information content (AvgIpc) is 2.47.